The lowest BCUT2D eigenvalue weighted by atomic mass is 10.1. The molecule has 0 spiro atoms. The molecule has 1 N–H and O–H groups in total. The van der Waals surface area contributed by atoms with E-state index in [1.54, 1.807) is 4.90 Å². The summed E-state index contributed by atoms with van der Waals surface area (Å²) in [5, 5.41) is 19.7. The summed E-state index contributed by atoms with van der Waals surface area (Å²) < 4.78 is 13.2. The number of rotatable bonds is 4. The first-order valence-electron chi connectivity index (χ1n) is 5.85. The van der Waals surface area contributed by atoms with E-state index < -0.39 is 22.6 Å². The molecule has 1 atom stereocenters. The highest BCUT2D eigenvalue weighted by molar-refractivity contribution is 5.70. The Morgan fingerprint density at radius 2 is 2.32 bits per heavy atom. The van der Waals surface area contributed by atoms with Crippen molar-refractivity contribution in [2.45, 2.75) is 13.0 Å². The second-order valence-corrected chi connectivity index (χ2v) is 4.59. The molecule has 1 aliphatic rings. The van der Waals surface area contributed by atoms with Crippen LogP contribution in [0.25, 0.3) is 0 Å². The summed E-state index contributed by atoms with van der Waals surface area (Å²) in [5.41, 5.74) is 0.135. The molecule has 0 aromatic heterocycles. The van der Waals surface area contributed by atoms with E-state index in [1.807, 2.05) is 0 Å². The molecule has 1 heterocycles. The van der Waals surface area contributed by atoms with Crippen molar-refractivity contribution < 1.29 is 19.2 Å². The predicted octanol–water partition coefficient (Wildman–Crippen LogP) is 1.64. The smallest absolute Gasteiger partial charge is 0.307 e. The topological polar surface area (TPSA) is 83.7 Å². The zero-order valence-corrected chi connectivity index (χ0v) is 10.1. The van der Waals surface area contributed by atoms with Crippen LogP contribution in [-0.2, 0) is 11.3 Å². The van der Waals surface area contributed by atoms with Gasteiger partial charge in [0.2, 0.25) is 0 Å². The zero-order chi connectivity index (χ0) is 14.0. The number of carbonyl (C=O) groups is 1. The van der Waals surface area contributed by atoms with Gasteiger partial charge in [0.1, 0.15) is 5.82 Å². The number of nitrogens with zero attached hydrogens (tertiary/aromatic N) is 2. The summed E-state index contributed by atoms with van der Waals surface area (Å²) in [6.45, 7) is 1.07. The first-order valence-corrected chi connectivity index (χ1v) is 5.85. The highest BCUT2D eigenvalue weighted by Gasteiger charge is 2.29. The van der Waals surface area contributed by atoms with E-state index in [4.69, 9.17) is 5.11 Å². The van der Waals surface area contributed by atoms with Crippen molar-refractivity contribution in [1.29, 1.82) is 0 Å². The van der Waals surface area contributed by atoms with Gasteiger partial charge in [-0.15, -0.1) is 0 Å². The maximum absolute atomic E-state index is 13.2. The van der Waals surface area contributed by atoms with Crippen LogP contribution < -0.4 is 0 Å². The van der Waals surface area contributed by atoms with Crippen molar-refractivity contribution in [3.05, 3.63) is 39.7 Å². The minimum Gasteiger partial charge on any atom is -0.481 e. The number of aliphatic carboxylic acids is 1. The summed E-state index contributed by atoms with van der Waals surface area (Å²) in [6.07, 6.45) is 0.512. The summed E-state index contributed by atoms with van der Waals surface area (Å²) >= 11 is 0. The van der Waals surface area contributed by atoms with Gasteiger partial charge in [-0.1, -0.05) is 0 Å². The first-order chi connectivity index (χ1) is 8.97. The van der Waals surface area contributed by atoms with Gasteiger partial charge in [0, 0.05) is 24.7 Å². The molecule has 1 fully saturated rings. The number of nitro groups is 1. The van der Waals surface area contributed by atoms with Crippen molar-refractivity contribution in [1.82, 2.24) is 4.90 Å². The third-order valence-electron chi connectivity index (χ3n) is 3.25. The van der Waals surface area contributed by atoms with Crippen molar-refractivity contribution >= 4 is 11.7 Å². The lowest BCUT2D eigenvalue weighted by Gasteiger charge is -2.15. The van der Waals surface area contributed by atoms with E-state index in [2.05, 4.69) is 0 Å². The van der Waals surface area contributed by atoms with Gasteiger partial charge >= 0.3 is 5.97 Å². The number of likely N-dealkylation sites (tertiary alicyclic amines) is 1. The molecule has 102 valence electrons. The lowest BCUT2D eigenvalue weighted by molar-refractivity contribution is -0.385. The van der Waals surface area contributed by atoms with Crippen LogP contribution >= 0.6 is 0 Å². The molecule has 0 radical (unpaired) electrons. The van der Waals surface area contributed by atoms with E-state index in [0.29, 0.717) is 19.5 Å². The maximum atomic E-state index is 13.2. The highest BCUT2D eigenvalue weighted by atomic mass is 19.1. The van der Waals surface area contributed by atoms with E-state index >= 15 is 0 Å². The number of hydrogen-bond donors (Lipinski definition) is 1. The Morgan fingerprint density at radius 1 is 1.58 bits per heavy atom. The Balaban J connectivity index is 2.13. The van der Waals surface area contributed by atoms with Crippen LogP contribution in [0.15, 0.2) is 18.2 Å². The average molecular weight is 268 g/mol. The highest BCUT2D eigenvalue weighted by Crippen LogP contribution is 2.24. The van der Waals surface area contributed by atoms with Gasteiger partial charge in [-0.25, -0.2) is 4.39 Å². The molecule has 6 nitrogen and oxygen atoms in total. The predicted molar refractivity (Wildman–Crippen MR) is 64.1 cm³/mol. The number of benzene rings is 1. The average Bonchev–Trinajstić information content (AvgIpc) is 2.77. The second kappa shape index (κ2) is 5.31. The Morgan fingerprint density at radius 3 is 2.89 bits per heavy atom. The van der Waals surface area contributed by atoms with Gasteiger partial charge < -0.3 is 5.11 Å². The van der Waals surface area contributed by atoms with E-state index in [1.165, 1.54) is 0 Å². The second-order valence-electron chi connectivity index (χ2n) is 4.59. The molecule has 2 rings (SSSR count). The van der Waals surface area contributed by atoms with Gasteiger partial charge in [0.25, 0.3) is 5.69 Å². The Bertz CT molecular complexity index is 520. The van der Waals surface area contributed by atoms with Crippen LogP contribution in [0.5, 0.6) is 0 Å². The maximum Gasteiger partial charge on any atom is 0.307 e. The fourth-order valence-electron chi connectivity index (χ4n) is 2.28. The van der Waals surface area contributed by atoms with Crippen LogP contribution in [0.4, 0.5) is 10.1 Å². The number of carboxylic acid groups (broad SMARTS) is 1. The first kappa shape index (κ1) is 13.4. The summed E-state index contributed by atoms with van der Waals surface area (Å²) in [4.78, 5) is 22.9. The van der Waals surface area contributed by atoms with Crippen LogP contribution in [0.1, 0.15) is 12.0 Å². The molecule has 1 saturated heterocycles. The van der Waals surface area contributed by atoms with Crippen LogP contribution in [-0.4, -0.2) is 34.0 Å². The van der Waals surface area contributed by atoms with Crippen molar-refractivity contribution in [3.8, 4) is 0 Å². The molecule has 7 heteroatoms. The van der Waals surface area contributed by atoms with Crippen molar-refractivity contribution in [3.63, 3.8) is 0 Å². The standard InChI is InChI=1S/C12H13FN2O4/c13-10-1-2-11(15(18)19)9(5-10)7-14-4-3-8(6-14)12(16)17/h1-2,5,8H,3-4,6-7H2,(H,16,17). The van der Waals surface area contributed by atoms with Gasteiger partial charge in [-0.05, 0) is 25.1 Å². The molecule has 19 heavy (non-hydrogen) atoms. The molecule has 0 saturated carbocycles. The molecule has 1 aromatic carbocycles. The third kappa shape index (κ3) is 3.05. The van der Waals surface area contributed by atoms with Crippen LogP contribution in [0.2, 0.25) is 0 Å². The summed E-state index contributed by atoms with van der Waals surface area (Å²) in [5.74, 6) is -1.85. The number of nitro benzene ring substituents is 1. The largest absolute Gasteiger partial charge is 0.481 e. The molecule has 1 aromatic rings. The molecule has 1 unspecified atom stereocenters. The van der Waals surface area contributed by atoms with Crippen LogP contribution in [0, 0.1) is 21.8 Å². The molecule has 0 bridgehead atoms. The van der Waals surface area contributed by atoms with Gasteiger partial charge in [0.05, 0.1) is 10.8 Å². The normalized spacial score (nSPS) is 19.5. The molecule has 0 amide bonds. The third-order valence-corrected chi connectivity index (χ3v) is 3.25. The molecule has 1 aliphatic heterocycles. The van der Waals surface area contributed by atoms with E-state index in [0.717, 1.165) is 18.2 Å². The van der Waals surface area contributed by atoms with Gasteiger partial charge in [-0.3, -0.25) is 19.8 Å². The van der Waals surface area contributed by atoms with Crippen LogP contribution in [0.3, 0.4) is 0 Å². The minimum atomic E-state index is -0.865. The Labute approximate surface area is 108 Å². The molecular weight excluding hydrogens is 255 g/mol. The van der Waals surface area contributed by atoms with Crippen molar-refractivity contribution in [2.75, 3.05) is 13.1 Å². The number of halogens is 1. The monoisotopic (exact) mass is 268 g/mol. The SMILES string of the molecule is O=C(O)C1CCN(Cc2cc(F)ccc2[N+](=O)[O-])C1. The lowest BCUT2D eigenvalue weighted by Crippen LogP contribution is -2.23. The minimum absolute atomic E-state index is 0.139. The van der Waals surface area contributed by atoms with E-state index in [-0.39, 0.29) is 17.8 Å². The zero-order valence-electron chi connectivity index (χ0n) is 10.1. The molecule has 0 aliphatic carbocycles. The number of carboxylic acids is 1. The Hall–Kier alpha value is -2.02. The van der Waals surface area contributed by atoms with Crippen molar-refractivity contribution in [2.24, 2.45) is 5.92 Å². The van der Waals surface area contributed by atoms with Gasteiger partial charge in [0.15, 0.2) is 0 Å². The summed E-state index contributed by atoms with van der Waals surface area (Å²) in [6, 6.07) is 3.31. The number of hydrogen-bond acceptors (Lipinski definition) is 4. The fourth-order valence-corrected chi connectivity index (χ4v) is 2.28. The quantitative estimate of drug-likeness (QED) is 0.663. The Kier molecular flexibility index (Phi) is 3.75. The van der Waals surface area contributed by atoms with Gasteiger partial charge in [-0.2, -0.15) is 0 Å². The molecular formula is C12H13FN2O4. The van der Waals surface area contributed by atoms with E-state index in [9.17, 15) is 19.3 Å². The summed E-state index contributed by atoms with van der Waals surface area (Å²) in [7, 11) is 0. The fraction of sp³-hybridized carbons (Fsp3) is 0.417.